The predicted octanol–water partition coefficient (Wildman–Crippen LogP) is 1.64. The maximum atomic E-state index is 12.1. The molecule has 2 N–H and O–H groups in total. The fourth-order valence-electron chi connectivity index (χ4n) is 2.38. The third-order valence-electron chi connectivity index (χ3n) is 3.44. The lowest BCUT2D eigenvalue weighted by Crippen LogP contribution is -2.25. The van der Waals surface area contributed by atoms with Crippen LogP contribution in [-0.2, 0) is 6.42 Å². The number of hydrogen-bond acceptors (Lipinski definition) is 5. The highest BCUT2D eigenvalue weighted by molar-refractivity contribution is 7.18. The summed E-state index contributed by atoms with van der Waals surface area (Å²) in [5, 5.41) is 16.2. The second-order valence-electron chi connectivity index (χ2n) is 4.83. The van der Waals surface area contributed by atoms with Gasteiger partial charge in [0.25, 0.3) is 5.91 Å². The Labute approximate surface area is 129 Å². The molecule has 3 heterocycles. The molecule has 7 nitrogen and oxygen atoms in total. The van der Waals surface area contributed by atoms with Crippen LogP contribution in [-0.4, -0.2) is 37.2 Å². The number of hydrogen-bond donors (Lipinski definition) is 2. The molecule has 110 valence electrons. The summed E-state index contributed by atoms with van der Waals surface area (Å²) in [5.74, 6) is -0.185. The van der Waals surface area contributed by atoms with Gasteiger partial charge >= 0.3 is 0 Å². The van der Waals surface area contributed by atoms with E-state index in [2.05, 4.69) is 31.7 Å². The molecule has 0 fully saturated rings. The van der Waals surface area contributed by atoms with E-state index in [0.29, 0.717) is 16.5 Å². The molecule has 0 spiro atoms. The third-order valence-corrected chi connectivity index (χ3v) is 4.35. The van der Waals surface area contributed by atoms with Crippen LogP contribution >= 0.6 is 11.3 Å². The minimum absolute atomic E-state index is 0.185. The Kier molecular flexibility index (Phi) is 3.08. The van der Waals surface area contributed by atoms with Crippen LogP contribution in [0.3, 0.4) is 0 Å². The lowest BCUT2D eigenvalue weighted by atomic mass is 10.1. The van der Waals surface area contributed by atoms with Gasteiger partial charge in [-0.15, -0.1) is 15.3 Å². The maximum absolute atomic E-state index is 12.1. The predicted molar refractivity (Wildman–Crippen MR) is 83.0 cm³/mol. The lowest BCUT2D eigenvalue weighted by Gasteiger charge is -2.02. The molecule has 0 saturated carbocycles. The number of rotatable bonds is 4. The van der Waals surface area contributed by atoms with Crippen LogP contribution in [0, 0.1) is 0 Å². The van der Waals surface area contributed by atoms with Gasteiger partial charge in [0.05, 0.1) is 0 Å². The van der Waals surface area contributed by atoms with Gasteiger partial charge in [-0.2, -0.15) is 4.52 Å². The Balaban J connectivity index is 1.42. The number of amides is 1. The van der Waals surface area contributed by atoms with E-state index < -0.39 is 0 Å². The van der Waals surface area contributed by atoms with Crippen molar-refractivity contribution in [2.75, 3.05) is 6.54 Å². The van der Waals surface area contributed by atoms with Gasteiger partial charge in [0.15, 0.2) is 0 Å². The number of nitrogens with zero attached hydrogens (tertiary/aromatic N) is 4. The van der Waals surface area contributed by atoms with Gasteiger partial charge in [-0.25, -0.2) is 0 Å². The van der Waals surface area contributed by atoms with Gasteiger partial charge < -0.3 is 10.3 Å². The quantitative estimate of drug-likeness (QED) is 0.599. The molecule has 0 radical (unpaired) electrons. The van der Waals surface area contributed by atoms with E-state index in [1.807, 2.05) is 24.4 Å². The fourth-order valence-corrected chi connectivity index (χ4v) is 3.11. The number of carbonyl (C=O) groups excluding carboxylic acids is 1. The van der Waals surface area contributed by atoms with Crippen molar-refractivity contribution in [3.05, 3.63) is 47.4 Å². The Morgan fingerprint density at radius 3 is 3.18 bits per heavy atom. The molecule has 4 rings (SSSR count). The minimum atomic E-state index is -0.185. The molecule has 0 bridgehead atoms. The zero-order valence-corrected chi connectivity index (χ0v) is 12.3. The van der Waals surface area contributed by atoms with E-state index in [1.54, 1.807) is 0 Å². The molecule has 4 aromatic rings. The summed E-state index contributed by atoms with van der Waals surface area (Å²) < 4.78 is 1.50. The fraction of sp³-hybridized carbons (Fsp3) is 0.143. The zero-order valence-electron chi connectivity index (χ0n) is 11.5. The largest absolute Gasteiger partial charge is 0.361 e. The van der Waals surface area contributed by atoms with Crippen LogP contribution < -0.4 is 5.32 Å². The SMILES string of the molecule is O=C(NCCc1c[nH]c2ccccc12)c1nn2cnnc2s1. The summed E-state index contributed by atoms with van der Waals surface area (Å²) in [7, 11) is 0. The standard InChI is InChI=1S/C14H12N6OS/c21-12(13-19-20-8-17-18-14(20)22-13)15-6-5-9-7-16-11-4-2-1-3-10(9)11/h1-4,7-8,16H,5-6H2,(H,15,21). The second-order valence-corrected chi connectivity index (χ2v) is 5.79. The van der Waals surface area contributed by atoms with Crippen molar-refractivity contribution in [2.45, 2.75) is 6.42 Å². The van der Waals surface area contributed by atoms with Crippen LogP contribution in [0.1, 0.15) is 15.4 Å². The van der Waals surface area contributed by atoms with Gasteiger partial charge in [0.2, 0.25) is 9.97 Å². The van der Waals surface area contributed by atoms with Crippen LogP contribution in [0.2, 0.25) is 0 Å². The number of H-pyrrole nitrogens is 1. The smallest absolute Gasteiger partial charge is 0.282 e. The number of fused-ring (bicyclic) bond motifs is 2. The van der Waals surface area contributed by atoms with Crippen LogP contribution in [0.15, 0.2) is 36.8 Å². The van der Waals surface area contributed by atoms with Crippen molar-refractivity contribution in [1.82, 2.24) is 30.1 Å². The zero-order chi connectivity index (χ0) is 14.9. The second kappa shape index (κ2) is 5.23. The van der Waals surface area contributed by atoms with E-state index in [0.717, 1.165) is 11.9 Å². The Morgan fingerprint density at radius 2 is 2.27 bits per heavy atom. The highest BCUT2D eigenvalue weighted by atomic mass is 32.1. The summed E-state index contributed by atoms with van der Waals surface area (Å²) in [6.45, 7) is 0.556. The highest BCUT2D eigenvalue weighted by Gasteiger charge is 2.13. The van der Waals surface area contributed by atoms with E-state index in [1.165, 1.54) is 33.1 Å². The van der Waals surface area contributed by atoms with Gasteiger partial charge in [-0.1, -0.05) is 29.5 Å². The summed E-state index contributed by atoms with van der Waals surface area (Å²) in [4.78, 5) is 15.9. The van der Waals surface area contributed by atoms with Crippen molar-refractivity contribution >= 4 is 33.1 Å². The normalized spacial score (nSPS) is 11.3. The van der Waals surface area contributed by atoms with Crippen LogP contribution in [0.5, 0.6) is 0 Å². The summed E-state index contributed by atoms with van der Waals surface area (Å²) >= 11 is 1.22. The highest BCUT2D eigenvalue weighted by Crippen LogP contribution is 2.17. The topological polar surface area (TPSA) is 88.0 Å². The number of benzene rings is 1. The van der Waals surface area contributed by atoms with Crippen molar-refractivity contribution in [3.63, 3.8) is 0 Å². The van der Waals surface area contributed by atoms with Crippen molar-refractivity contribution in [3.8, 4) is 0 Å². The van der Waals surface area contributed by atoms with E-state index >= 15 is 0 Å². The van der Waals surface area contributed by atoms with Crippen molar-refractivity contribution in [1.29, 1.82) is 0 Å². The lowest BCUT2D eigenvalue weighted by molar-refractivity contribution is 0.0952. The Morgan fingerprint density at radius 1 is 1.36 bits per heavy atom. The van der Waals surface area contributed by atoms with E-state index in [9.17, 15) is 4.79 Å². The first-order valence-electron chi connectivity index (χ1n) is 6.81. The maximum Gasteiger partial charge on any atom is 0.282 e. The molecular formula is C14H12N6OS. The number of aromatic nitrogens is 5. The Hall–Kier alpha value is -2.74. The molecule has 0 aliphatic rings. The molecule has 0 saturated heterocycles. The van der Waals surface area contributed by atoms with Crippen molar-refractivity contribution < 1.29 is 4.79 Å². The number of para-hydroxylation sites is 1. The van der Waals surface area contributed by atoms with Gasteiger partial charge in [-0.05, 0) is 18.1 Å². The molecule has 1 aromatic carbocycles. The summed E-state index contributed by atoms with van der Waals surface area (Å²) in [6, 6.07) is 8.12. The monoisotopic (exact) mass is 312 g/mol. The minimum Gasteiger partial charge on any atom is -0.361 e. The third kappa shape index (κ3) is 2.23. The van der Waals surface area contributed by atoms with Crippen molar-refractivity contribution in [2.24, 2.45) is 0 Å². The first-order valence-corrected chi connectivity index (χ1v) is 7.63. The number of nitrogens with one attached hydrogen (secondary N) is 2. The van der Waals surface area contributed by atoms with Gasteiger partial charge in [0, 0.05) is 23.6 Å². The first kappa shape index (κ1) is 13.0. The molecule has 1 amide bonds. The van der Waals surface area contributed by atoms with Gasteiger partial charge in [0.1, 0.15) is 6.33 Å². The molecule has 0 atom stereocenters. The molecule has 8 heteroatoms. The number of aromatic amines is 1. The average Bonchev–Trinajstić information content (AvgIpc) is 3.21. The van der Waals surface area contributed by atoms with Gasteiger partial charge in [-0.3, -0.25) is 4.79 Å². The van der Waals surface area contributed by atoms with Crippen LogP contribution in [0.25, 0.3) is 15.9 Å². The molecular weight excluding hydrogens is 300 g/mol. The molecule has 0 unspecified atom stereocenters. The summed E-state index contributed by atoms with van der Waals surface area (Å²) in [6.07, 6.45) is 4.23. The molecule has 22 heavy (non-hydrogen) atoms. The van der Waals surface area contributed by atoms with E-state index in [4.69, 9.17) is 0 Å². The summed E-state index contributed by atoms with van der Waals surface area (Å²) in [5.41, 5.74) is 2.30. The van der Waals surface area contributed by atoms with E-state index in [-0.39, 0.29) is 5.91 Å². The molecule has 0 aliphatic heterocycles. The molecule has 0 aliphatic carbocycles. The van der Waals surface area contributed by atoms with Crippen LogP contribution in [0.4, 0.5) is 0 Å². The number of carbonyl (C=O) groups is 1. The Bertz CT molecular complexity index is 924. The first-order chi connectivity index (χ1) is 10.8. The molecule has 3 aromatic heterocycles. The average molecular weight is 312 g/mol.